The topological polar surface area (TPSA) is 106 Å². The molecule has 0 bridgehead atoms. The van der Waals surface area contributed by atoms with E-state index in [1.54, 1.807) is 45.0 Å². The van der Waals surface area contributed by atoms with Crippen molar-refractivity contribution in [1.82, 2.24) is 19.9 Å². The summed E-state index contributed by atoms with van der Waals surface area (Å²) in [6.45, 7) is 4.89. The number of ether oxygens (including phenoxy) is 1. The van der Waals surface area contributed by atoms with Gasteiger partial charge in [0.1, 0.15) is 18.5 Å². The van der Waals surface area contributed by atoms with Gasteiger partial charge in [0.15, 0.2) is 17.1 Å². The smallest absolute Gasteiger partial charge is 0.325 e. The predicted molar refractivity (Wildman–Crippen MR) is 90.3 cm³/mol. The first-order valence-corrected chi connectivity index (χ1v) is 7.71. The highest BCUT2D eigenvalue weighted by Gasteiger charge is 2.23. The van der Waals surface area contributed by atoms with Gasteiger partial charge in [-0.1, -0.05) is 24.3 Å². The Balaban J connectivity index is 1.94. The van der Waals surface area contributed by atoms with E-state index in [2.05, 4.69) is 15.4 Å². The van der Waals surface area contributed by atoms with E-state index < -0.39 is 17.5 Å². The van der Waals surface area contributed by atoms with E-state index in [1.807, 2.05) is 0 Å². The number of pyridine rings is 1. The summed E-state index contributed by atoms with van der Waals surface area (Å²) in [7, 11) is 0. The van der Waals surface area contributed by atoms with Crippen molar-refractivity contribution in [2.24, 2.45) is 0 Å². The Morgan fingerprint density at radius 3 is 2.60 bits per heavy atom. The molecule has 0 radical (unpaired) electrons. The molecule has 0 aliphatic carbocycles. The van der Waals surface area contributed by atoms with Crippen LogP contribution in [0.3, 0.4) is 0 Å². The van der Waals surface area contributed by atoms with Gasteiger partial charge in [-0.25, -0.2) is 9.50 Å². The van der Waals surface area contributed by atoms with Crippen LogP contribution in [0.15, 0.2) is 30.6 Å². The number of benzene rings is 1. The quantitative estimate of drug-likeness (QED) is 0.701. The molecule has 1 aromatic carbocycles. The van der Waals surface area contributed by atoms with E-state index in [4.69, 9.17) is 4.74 Å². The highest BCUT2D eigenvalue weighted by molar-refractivity contribution is 6.06. The molecule has 0 fully saturated rings. The Morgan fingerprint density at radius 1 is 1.24 bits per heavy atom. The largest absolute Gasteiger partial charge is 0.505 e. The Morgan fingerprint density at radius 2 is 1.92 bits per heavy atom. The first-order valence-electron chi connectivity index (χ1n) is 7.71. The van der Waals surface area contributed by atoms with Gasteiger partial charge in [-0.2, -0.15) is 5.10 Å². The summed E-state index contributed by atoms with van der Waals surface area (Å²) in [6, 6.07) is 7.02. The number of carbonyl (C=O) groups is 2. The average Bonchev–Trinajstić information content (AvgIpc) is 3.01. The zero-order valence-electron chi connectivity index (χ0n) is 14.1. The summed E-state index contributed by atoms with van der Waals surface area (Å²) in [4.78, 5) is 28.4. The van der Waals surface area contributed by atoms with Crippen molar-refractivity contribution < 1.29 is 19.4 Å². The number of amides is 1. The SMILES string of the molecule is CC(C)(C)OC(=O)CNC(=O)c1c(O)c2ccccc2c2ncnn12. The maximum Gasteiger partial charge on any atom is 0.325 e. The Labute approximate surface area is 143 Å². The van der Waals surface area contributed by atoms with Crippen molar-refractivity contribution >= 4 is 28.3 Å². The minimum atomic E-state index is -0.649. The van der Waals surface area contributed by atoms with Crippen LogP contribution >= 0.6 is 0 Å². The molecular formula is C17H18N4O4. The van der Waals surface area contributed by atoms with Gasteiger partial charge in [-0.05, 0) is 20.8 Å². The molecule has 0 saturated carbocycles. The van der Waals surface area contributed by atoms with Crippen LogP contribution in [0.25, 0.3) is 16.4 Å². The number of rotatable bonds is 3. The molecule has 0 atom stereocenters. The third-order valence-electron chi connectivity index (χ3n) is 3.44. The van der Waals surface area contributed by atoms with Crippen LogP contribution in [0.4, 0.5) is 0 Å². The molecule has 3 aromatic rings. The second-order valence-electron chi connectivity index (χ2n) is 6.51. The predicted octanol–water partition coefficient (Wildman–Crippen LogP) is 1.66. The van der Waals surface area contributed by atoms with E-state index in [0.29, 0.717) is 16.4 Å². The zero-order valence-corrected chi connectivity index (χ0v) is 14.1. The second-order valence-corrected chi connectivity index (χ2v) is 6.51. The van der Waals surface area contributed by atoms with Crippen LogP contribution in [-0.4, -0.2) is 43.7 Å². The van der Waals surface area contributed by atoms with Crippen molar-refractivity contribution in [3.8, 4) is 5.75 Å². The van der Waals surface area contributed by atoms with Crippen molar-refractivity contribution in [3.63, 3.8) is 0 Å². The number of carbonyl (C=O) groups excluding carboxylic acids is 2. The number of esters is 1. The normalized spacial score (nSPS) is 11.6. The summed E-state index contributed by atoms with van der Waals surface area (Å²) in [5, 5.41) is 18.1. The van der Waals surface area contributed by atoms with Crippen molar-refractivity contribution in [2.75, 3.05) is 6.54 Å². The fourth-order valence-electron chi connectivity index (χ4n) is 2.52. The number of nitrogens with one attached hydrogen (secondary N) is 1. The van der Waals surface area contributed by atoms with Crippen molar-refractivity contribution in [2.45, 2.75) is 26.4 Å². The van der Waals surface area contributed by atoms with E-state index >= 15 is 0 Å². The minimum absolute atomic E-state index is 0.0882. The number of aromatic nitrogens is 3. The molecule has 130 valence electrons. The molecule has 2 N–H and O–H groups in total. The number of nitrogens with zero attached hydrogens (tertiary/aromatic N) is 3. The van der Waals surface area contributed by atoms with Crippen LogP contribution in [0.2, 0.25) is 0 Å². The van der Waals surface area contributed by atoms with Crippen LogP contribution in [0.1, 0.15) is 31.3 Å². The number of fused-ring (bicyclic) bond motifs is 3. The molecule has 25 heavy (non-hydrogen) atoms. The van der Waals surface area contributed by atoms with Gasteiger partial charge in [-0.15, -0.1) is 0 Å². The standard InChI is InChI=1S/C17H18N4O4/c1-17(2,3)25-12(22)8-18-16(24)13-14(23)10-6-4-5-7-11(10)15-19-9-20-21(13)15/h4-7,9,23H,8H2,1-3H3,(H,18,24). The van der Waals surface area contributed by atoms with E-state index in [1.165, 1.54) is 10.8 Å². The molecule has 3 rings (SSSR count). The van der Waals surface area contributed by atoms with Gasteiger partial charge >= 0.3 is 5.97 Å². The first-order chi connectivity index (χ1) is 11.8. The number of hydrogen-bond acceptors (Lipinski definition) is 6. The Hall–Kier alpha value is -3.16. The lowest BCUT2D eigenvalue weighted by Gasteiger charge is -2.19. The van der Waals surface area contributed by atoms with Crippen LogP contribution < -0.4 is 5.32 Å². The van der Waals surface area contributed by atoms with Gasteiger partial charge < -0.3 is 15.2 Å². The van der Waals surface area contributed by atoms with Crippen molar-refractivity contribution in [3.05, 3.63) is 36.3 Å². The minimum Gasteiger partial charge on any atom is -0.505 e. The fourth-order valence-corrected chi connectivity index (χ4v) is 2.52. The molecule has 1 amide bonds. The maximum absolute atomic E-state index is 12.5. The van der Waals surface area contributed by atoms with Gasteiger partial charge in [0.25, 0.3) is 5.91 Å². The lowest BCUT2D eigenvalue weighted by Crippen LogP contribution is -2.35. The Bertz CT molecular complexity index is 972. The van der Waals surface area contributed by atoms with E-state index in [0.717, 1.165) is 0 Å². The molecule has 0 aliphatic heterocycles. The molecule has 0 saturated heterocycles. The molecule has 0 spiro atoms. The molecule has 0 unspecified atom stereocenters. The second kappa shape index (κ2) is 6.04. The third-order valence-corrected chi connectivity index (χ3v) is 3.44. The van der Waals surface area contributed by atoms with Gasteiger partial charge in [0.2, 0.25) is 0 Å². The third kappa shape index (κ3) is 3.23. The summed E-state index contributed by atoms with van der Waals surface area (Å²) in [5.74, 6) is -1.45. The molecule has 8 nitrogen and oxygen atoms in total. The van der Waals surface area contributed by atoms with Crippen LogP contribution in [0.5, 0.6) is 5.75 Å². The monoisotopic (exact) mass is 342 g/mol. The molecule has 2 heterocycles. The highest BCUT2D eigenvalue weighted by atomic mass is 16.6. The lowest BCUT2D eigenvalue weighted by molar-refractivity contribution is -0.153. The van der Waals surface area contributed by atoms with E-state index in [-0.39, 0.29) is 18.0 Å². The molecule has 0 aliphatic rings. The van der Waals surface area contributed by atoms with Crippen LogP contribution in [0, 0.1) is 0 Å². The summed E-state index contributed by atoms with van der Waals surface area (Å²) < 4.78 is 6.40. The van der Waals surface area contributed by atoms with Gasteiger partial charge in [0, 0.05) is 10.8 Å². The molecular weight excluding hydrogens is 324 g/mol. The first kappa shape index (κ1) is 16.7. The summed E-state index contributed by atoms with van der Waals surface area (Å²) >= 11 is 0. The summed E-state index contributed by atoms with van der Waals surface area (Å²) in [5.41, 5.74) is -0.294. The van der Waals surface area contributed by atoms with E-state index in [9.17, 15) is 14.7 Å². The molecule has 2 aromatic heterocycles. The van der Waals surface area contributed by atoms with Gasteiger partial charge in [-0.3, -0.25) is 9.59 Å². The molecule has 8 heteroatoms. The lowest BCUT2D eigenvalue weighted by atomic mass is 10.1. The Kier molecular flexibility index (Phi) is 4.03. The summed E-state index contributed by atoms with van der Waals surface area (Å²) in [6.07, 6.45) is 1.30. The number of aromatic hydroxyl groups is 1. The maximum atomic E-state index is 12.5. The highest BCUT2D eigenvalue weighted by Crippen LogP contribution is 2.30. The average molecular weight is 342 g/mol. The van der Waals surface area contributed by atoms with Crippen molar-refractivity contribution in [1.29, 1.82) is 0 Å². The zero-order chi connectivity index (χ0) is 18.2. The fraction of sp³-hybridized carbons (Fsp3) is 0.294. The number of hydrogen-bond donors (Lipinski definition) is 2. The van der Waals surface area contributed by atoms with Crippen LogP contribution in [-0.2, 0) is 9.53 Å². The van der Waals surface area contributed by atoms with Gasteiger partial charge in [0.05, 0.1) is 0 Å².